The van der Waals surface area contributed by atoms with Gasteiger partial charge in [-0.3, -0.25) is 9.97 Å². The highest BCUT2D eigenvalue weighted by molar-refractivity contribution is 5.59. The van der Waals surface area contributed by atoms with Crippen molar-refractivity contribution in [1.29, 1.82) is 0 Å². The lowest BCUT2D eigenvalue weighted by atomic mass is 10.1. The van der Waals surface area contributed by atoms with E-state index in [-0.39, 0.29) is 6.10 Å². The van der Waals surface area contributed by atoms with E-state index in [0.717, 1.165) is 48.7 Å². The minimum Gasteiger partial charge on any atom is -0.372 e. The van der Waals surface area contributed by atoms with Gasteiger partial charge in [0.15, 0.2) is 0 Å². The van der Waals surface area contributed by atoms with E-state index in [1.807, 2.05) is 42.7 Å². The van der Waals surface area contributed by atoms with Crippen LogP contribution in [0, 0.1) is 0 Å². The minimum absolute atomic E-state index is 0.178. The van der Waals surface area contributed by atoms with Crippen LogP contribution in [0.4, 0.5) is 5.95 Å². The van der Waals surface area contributed by atoms with Gasteiger partial charge in [0, 0.05) is 49.6 Å². The third-order valence-electron chi connectivity index (χ3n) is 4.49. The van der Waals surface area contributed by atoms with Crippen LogP contribution >= 0.6 is 0 Å². The second-order valence-electron chi connectivity index (χ2n) is 6.36. The molecule has 1 fully saturated rings. The molecule has 3 aromatic rings. The van der Waals surface area contributed by atoms with Gasteiger partial charge < -0.3 is 9.64 Å². The van der Waals surface area contributed by atoms with Crippen molar-refractivity contribution in [2.24, 2.45) is 0 Å². The van der Waals surface area contributed by atoms with E-state index >= 15 is 0 Å². The molecular weight excluding hydrogens is 326 g/mol. The molecular formula is C20H21N5O. The van der Waals surface area contributed by atoms with Gasteiger partial charge in [-0.2, -0.15) is 0 Å². The molecule has 1 aliphatic heterocycles. The van der Waals surface area contributed by atoms with Crippen LogP contribution in [0.2, 0.25) is 0 Å². The molecule has 0 saturated carbocycles. The molecule has 0 bridgehead atoms. The highest BCUT2D eigenvalue weighted by Crippen LogP contribution is 2.22. The first-order chi connectivity index (χ1) is 12.9. The minimum atomic E-state index is 0.178. The van der Waals surface area contributed by atoms with Crippen molar-refractivity contribution < 1.29 is 4.74 Å². The third kappa shape index (κ3) is 4.03. The normalized spacial score (nSPS) is 17.2. The summed E-state index contributed by atoms with van der Waals surface area (Å²) in [6.45, 7) is 2.34. The number of ether oxygens (including phenoxy) is 1. The molecule has 4 rings (SSSR count). The number of aromatic nitrogens is 4. The fraction of sp³-hybridized carbons (Fsp3) is 0.300. The van der Waals surface area contributed by atoms with E-state index in [4.69, 9.17) is 9.72 Å². The van der Waals surface area contributed by atoms with Crippen molar-refractivity contribution in [3.63, 3.8) is 0 Å². The van der Waals surface area contributed by atoms with Crippen LogP contribution < -0.4 is 4.90 Å². The van der Waals surface area contributed by atoms with E-state index in [0.29, 0.717) is 6.61 Å². The van der Waals surface area contributed by atoms with Crippen LogP contribution in [0.25, 0.3) is 11.3 Å². The maximum Gasteiger partial charge on any atom is 0.225 e. The zero-order chi connectivity index (χ0) is 17.6. The summed E-state index contributed by atoms with van der Waals surface area (Å²) in [5.74, 6) is 0.758. The summed E-state index contributed by atoms with van der Waals surface area (Å²) in [7, 11) is 0. The van der Waals surface area contributed by atoms with E-state index in [9.17, 15) is 0 Å². The molecule has 6 nitrogen and oxygen atoms in total. The first-order valence-corrected chi connectivity index (χ1v) is 8.87. The first kappa shape index (κ1) is 16.6. The summed E-state index contributed by atoms with van der Waals surface area (Å²) >= 11 is 0. The monoisotopic (exact) mass is 347 g/mol. The van der Waals surface area contributed by atoms with Gasteiger partial charge in [0.2, 0.25) is 5.95 Å². The Morgan fingerprint density at radius 3 is 2.81 bits per heavy atom. The molecule has 3 aromatic heterocycles. The zero-order valence-corrected chi connectivity index (χ0v) is 14.5. The standard InChI is InChI=1S/C20H21N5O/c1-3-16(13-22-8-1)15-26-18-4-2-12-25(14-18)20-23-11-7-19(24-20)17-5-9-21-10-6-17/h1,3,5-11,13,18H,2,4,12,14-15H2/t18-/m1/s1. The molecule has 0 unspecified atom stereocenters. The Balaban J connectivity index is 1.43. The van der Waals surface area contributed by atoms with E-state index in [1.54, 1.807) is 18.6 Å². The number of hydrogen-bond acceptors (Lipinski definition) is 6. The molecule has 0 radical (unpaired) electrons. The Bertz CT molecular complexity index is 828. The molecule has 0 aromatic carbocycles. The molecule has 0 amide bonds. The summed E-state index contributed by atoms with van der Waals surface area (Å²) in [6, 6.07) is 9.82. The predicted octanol–water partition coefficient (Wildman–Crippen LogP) is 3.12. The van der Waals surface area contributed by atoms with Crippen LogP contribution in [0.15, 0.2) is 61.3 Å². The lowest BCUT2D eigenvalue weighted by Gasteiger charge is -2.32. The fourth-order valence-corrected chi connectivity index (χ4v) is 3.14. The molecule has 4 heterocycles. The number of rotatable bonds is 5. The van der Waals surface area contributed by atoms with Crippen molar-refractivity contribution in [3.05, 3.63) is 66.9 Å². The zero-order valence-electron chi connectivity index (χ0n) is 14.5. The Kier molecular flexibility index (Phi) is 5.12. The molecule has 0 spiro atoms. The van der Waals surface area contributed by atoms with Gasteiger partial charge in [-0.05, 0) is 42.7 Å². The molecule has 1 atom stereocenters. The van der Waals surface area contributed by atoms with Crippen LogP contribution in [-0.4, -0.2) is 39.1 Å². The highest BCUT2D eigenvalue weighted by Gasteiger charge is 2.22. The van der Waals surface area contributed by atoms with Crippen LogP contribution in [0.5, 0.6) is 0 Å². The average molecular weight is 347 g/mol. The van der Waals surface area contributed by atoms with Crippen molar-refractivity contribution in [2.75, 3.05) is 18.0 Å². The van der Waals surface area contributed by atoms with Gasteiger partial charge >= 0.3 is 0 Å². The Morgan fingerprint density at radius 2 is 1.96 bits per heavy atom. The molecule has 1 saturated heterocycles. The number of nitrogens with zero attached hydrogens (tertiary/aromatic N) is 5. The SMILES string of the molecule is c1cncc(CO[C@@H]2CCCN(c3nccc(-c4ccncc4)n3)C2)c1. The first-order valence-electron chi connectivity index (χ1n) is 8.87. The largest absolute Gasteiger partial charge is 0.372 e. The van der Waals surface area contributed by atoms with Crippen LogP contribution in [0.1, 0.15) is 18.4 Å². The topological polar surface area (TPSA) is 64.0 Å². The van der Waals surface area contributed by atoms with Crippen molar-refractivity contribution in [2.45, 2.75) is 25.6 Å². The fourth-order valence-electron chi connectivity index (χ4n) is 3.14. The summed E-state index contributed by atoms with van der Waals surface area (Å²) in [6.07, 6.45) is 11.3. The maximum absolute atomic E-state index is 6.09. The molecule has 1 aliphatic rings. The number of anilines is 1. The molecule has 0 N–H and O–H groups in total. The number of hydrogen-bond donors (Lipinski definition) is 0. The molecule has 6 heteroatoms. The van der Waals surface area contributed by atoms with E-state index in [2.05, 4.69) is 19.9 Å². The third-order valence-corrected chi connectivity index (χ3v) is 4.49. The van der Waals surface area contributed by atoms with Crippen molar-refractivity contribution in [3.8, 4) is 11.3 Å². The van der Waals surface area contributed by atoms with Gasteiger partial charge in [-0.1, -0.05) is 6.07 Å². The quantitative estimate of drug-likeness (QED) is 0.707. The van der Waals surface area contributed by atoms with E-state index < -0.39 is 0 Å². The van der Waals surface area contributed by atoms with Crippen LogP contribution in [0.3, 0.4) is 0 Å². The maximum atomic E-state index is 6.09. The lowest BCUT2D eigenvalue weighted by molar-refractivity contribution is 0.0311. The molecule has 0 aliphatic carbocycles. The second-order valence-corrected chi connectivity index (χ2v) is 6.36. The van der Waals surface area contributed by atoms with Gasteiger partial charge in [0.25, 0.3) is 0 Å². The number of pyridine rings is 2. The average Bonchev–Trinajstić information content (AvgIpc) is 2.74. The summed E-state index contributed by atoms with van der Waals surface area (Å²) in [4.78, 5) is 19.6. The Morgan fingerprint density at radius 1 is 1.04 bits per heavy atom. The predicted molar refractivity (Wildman–Crippen MR) is 99.5 cm³/mol. The summed E-state index contributed by atoms with van der Waals surface area (Å²) < 4.78 is 6.09. The molecule has 26 heavy (non-hydrogen) atoms. The van der Waals surface area contributed by atoms with Crippen molar-refractivity contribution >= 4 is 5.95 Å². The number of piperidine rings is 1. The van der Waals surface area contributed by atoms with E-state index in [1.165, 1.54) is 0 Å². The smallest absolute Gasteiger partial charge is 0.225 e. The lowest BCUT2D eigenvalue weighted by Crippen LogP contribution is -2.40. The Labute approximate surface area is 152 Å². The highest BCUT2D eigenvalue weighted by atomic mass is 16.5. The van der Waals surface area contributed by atoms with Crippen LogP contribution in [-0.2, 0) is 11.3 Å². The van der Waals surface area contributed by atoms with Gasteiger partial charge in [0.1, 0.15) is 0 Å². The Hall–Kier alpha value is -2.86. The summed E-state index contributed by atoms with van der Waals surface area (Å²) in [5.41, 5.74) is 3.06. The summed E-state index contributed by atoms with van der Waals surface area (Å²) in [5, 5.41) is 0. The van der Waals surface area contributed by atoms with Gasteiger partial charge in [0.05, 0.1) is 18.4 Å². The molecule has 132 valence electrons. The van der Waals surface area contributed by atoms with Crippen molar-refractivity contribution in [1.82, 2.24) is 19.9 Å². The van der Waals surface area contributed by atoms with Gasteiger partial charge in [-0.15, -0.1) is 0 Å². The second kappa shape index (κ2) is 8.01. The van der Waals surface area contributed by atoms with Gasteiger partial charge in [-0.25, -0.2) is 9.97 Å².